The minimum atomic E-state index is -0.310. The van der Waals surface area contributed by atoms with Crippen LogP contribution in [0.2, 0.25) is 0 Å². The van der Waals surface area contributed by atoms with Crippen molar-refractivity contribution in [1.82, 2.24) is 9.47 Å². The first-order valence-corrected chi connectivity index (χ1v) is 8.60. The Morgan fingerprint density at radius 3 is 2.50 bits per heavy atom. The molecule has 0 aliphatic rings. The molecular formula is C20H26N2O4. The van der Waals surface area contributed by atoms with E-state index in [1.165, 1.54) is 11.7 Å². The summed E-state index contributed by atoms with van der Waals surface area (Å²) in [7, 11) is 3.16. The Hall–Kier alpha value is -2.76. The summed E-state index contributed by atoms with van der Waals surface area (Å²) in [4.78, 5) is 26.0. The van der Waals surface area contributed by atoms with Gasteiger partial charge in [0, 0.05) is 19.8 Å². The molecule has 1 heterocycles. The fourth-order valence-corrected chi connectivity index (χ4v) is 2.69. The summed E-state index contributed by atoms with van der Waals surface area (Å²) in [5, 5.41) is 0. The van der Waals surface area contributed by atoms with Gasteiger partial charge in [-0.05, 0) is 43.5 Å². The molecule has 0 N–H and O–H groups in total. The minimum Gasteiger partial charge on any atom is -0.493 e. The zero-order chi connectivity index (χ0) is 19.1. The second kappa shape index (κ2) is 9.08. The van der Waals surface area contributed by atoms with Crippen LogP contribution in [0, 0.1) is 13.8 Å². The van der Waals surface area contributed by atoms with Crippen molar-refractivity contribution in [1.29, 1.82) is 0 Å². The summed E-state index contributed by atoms with van der Waals surface area (Å²) < 4.78 is 12.2. The molecule has 0 aliphatic carbocycles. The molecular weight excluding hydrogens is 332 g/mol. The van der Waals surface area contributed by atoms with Crippen molar-refractivity contribution >= 4 is 5.91 Å². The zero-order valence-electron chi connectivity index (χ0n) is 15.8. The molecule has 0 bridgehead atoms. The van der Waals surface area contributed by atoms with Gasteiger partial charge in [0.2, 0.25) is 5.91 Å². The number of likely N-dealkylation sites (N-methyl/N-ethyl adjacent to an activating group) is 1. The fourth-order valence-electron chi connectivity index (χ4n) is 2.69. The van der Waals surface area contributed by atoms with Gasteiger partial charge in [-0.2, -0.15) is 0 Å². The van der Waals surface area contributed by atoms with Gasteiger partial charge in [0.25, 0.3) is 5.56 Å². The van der Waals surface area contributed by atoms with E-state index in [1.807, 2.05) is 32.0 Å². The average Bonchev–Trinajstić information content (AvgIpc) is 2.62. The summed E-state index contributed by atoms with van der Waals surface area (Å²) in [6.07, 6.45) is 2.30. The number of carbonyl (C=O) groups is 1. The molecule has 0 unspecified atom stereocenters. The Kier molecular flexibility index (Phi) is 6.83. The number of carbonyl (C=O) groups excluding carboxylic acids is 1. The van der Waals surface area contributed by atoms with Crippen LogP contribution in [0.1, 0.15) is 17.5 Å². The topological polar surface area (TPSA) is 60.8 Å². The second-order valence-corrected chi connectivity index (χ2v) is 6.25. The molecule has 0 aliphatic heterocycles. The Morgan fingerprint density at radius 2 is 1.85 bits per heavy atom. The summed E-state index contributed by atoms with van der Waals surface area (Å²) >= 11 is 0. The van der Waals surface area contributed by atoms with Gasteiger partial charge in [0.05, 0.1) is 13.7 Å². The van der Waals surface area contributed by atoms with E-state index in [0.29, 0.717) is 19.6 Å². The molecule has 0 saturated heterocycles. The number of pyridine rings is 1. The molecule has 0 radical (unpaired) electrons. The molecule has 0 spiro atoms. The van der Waals surface area contributed by atoms with E-state index in [4.69, 9.17) is 9.47 Å². The van der Waals surface area contributed by atoms with Crippen molar-refractivity contribution in [3.63, 3.8) is 0 Å². The van der Waals surface area contributed by atoms with Crippen LogP contribution in [0.3, 0.4) is 0 Å². The van der Waals surface area contributed by atoms with Gasteiger partial charge in [-0.1, -0.05) is 18.2 Å². The van der Waals surface area contributed by atoms with Gasteiger partial charge >= 0.3 is 0 Å². The first-order chi connectivity index (χ1) is 12.4. The van der Waals surface area contributed by atoms with E-state index in [0.717, 1.165) is 16.9 Å². The van der Waals surface area contributed by atoms with Gasteiger partial charge < -0.3 is 18.9 Å². The van der Waals surface area contributed by atoms with Crippen molar-refractivity contribution in [2.75, 3.05) is 27.3 Å². The molecule has 1 amide bonds. The number of aryl methyl sites for hydroxylation is 2. The summed E-state index contributed by atoms with van der Waals surface area (Å²) in [5.74, 6) is 1.00. The lowest BCUT2D eigenvalue weighted by Gasteiger charge is -2.18. The van der Waals surface area contributed by atoms with Crippen molar-refractivity contribution in [2.24, 2.45) is 0 Å². The summed E-state index contributed by atoms with van der Waals surface area (Å²) in [6, 6.07) is 9.31. The number of aromatic nitrogens is 1. The monoisotopic (exact) mass is 358 g/mol. The normalized spacial score (nSPS) is 10.5. The van der Waals surface area contributed by atoms with E-state index in [2.05, 4.69) is 0 Å². The van der Waals surface area contributed by atoms with Crippen molar-refractivity contribution in [2.45, 2.75) is 26.8 Å². The maximum absolute atomic E-state index is 12.3. The zero-order valence-corrected chi connectivity index (χ0v) is 15.8. The van der Waals surface area contributed by atoms with Crippen molar-refractivity contribution in [3.8, 4) is 11.5 Å². The molecule has 2 aromatic rings. The number of para-hydroxylation sites is 1. The van der Waals surface area contributed by atoms with E-state index >= 15 is 0 Å². The van der Waals surface area contributed by atoms with Crippen LogP contribution in [-0.2, 0) is 11.3 Å². The quantitative estimate of drug-likeness (QED) is 0.680. The number of amides is 1. The molecule has 0 atom stereocenters. The smallest absolute Gasteiger partial charge is 0.293 e. The van der Waals surface area contributed by atoms with Crippen LogP contribution >= 0.6 is 0 Å². The first kappa shape index (κ1) is 19.6. The number of hydrogen-bond donors (Lipinski definition) is 0. The summed E-state index contributed by atoms with van der Waals surface area (Å²) in [5.41, 5.74) is 1.90. The number of hydrogen-bond acceptors (Lipinski definition) is 4. The van der Waals surface area contributed by atoms with E-state index in [9.17, 15) is 9.59 Å². The third-order valence-electron chi connectivity index (χ3n) is 4.23. The molecule has 140 valence electrons. The van der Waals surface area contributed by atoms with Crippen LogP contribution in [0.15, 0.2) is 41.3 Å². The molecule has 0 fully saturated rings. The van der Waals surface area contributed by atoms with Crippen LogP contribution in [0.4, 0.5) is 0 Å². The maximum Gasteiger partial charge on any atom is 0.293 e. The van der Waals surface area contributed by atoms with Crippen LogP contribution < -0.4 is 15.0 Å². The number of methoxy groups -OCH3 is 1. The van der Waals surface area contributed by atoms with E-state index < -0.39 is 0 Å². The predicted octanol–water partition coefficient (Wildman–Crippen LogP) is 2.40. The Bertz CT molecular complexity index is 793. The van der Waals surface area contributed by atoms with Crippen molar-refractivity contribution < 1.29 is 14.3 Å². The highest BCUT2D eigenvalue weighted by atomic mass is 16.5. The van der Waals surface area contributed by atoms with E-state index in [1.54, 1.807) is 30.3 Å². The molecule has 1 aromatic heterocycles. The van der Waals surface area contributed by atoms with Gasteiger partial charge in [-0.15, -0.1) is 0 Å². The number of ether oxygens (including phenoxy) is 2. The molecule has 26 heavy (non-hydrogen) atoms. The van der Waals surface area contributed by atoms with Gasteiger partial charge in [0.15, 0.2) is 5.75 Å². The SMILES string of the molecule is COc1cccn(CC(=O)N(C)CCCOc2c(C)cccc2C)c1=O. The van der Waals surface area contributed by atoms with E-state index in [-0.39, 0.29) is 23.8 Å². The standard InChI is InChI=1S/C20H26N2O4/c1-15-8-5-9-16(2)19(15)26-13-7-11-21(3)18(23)14-22-12-6-10-17(25-4)20(22)24/h5-6,8-10,12H,7,11,13-14H2,1-4H3. The van der Waals surface area contributed by atoms with Crippen LogP contribution in [-0.4, -0.2) is 42.7 Å². The third-order valence-corrected chi connectivity index (χ3v) is 4.23. The van der Waals surface area contributed by atoms with Crippen molar-refractivity contribution in [3.05, 3.63) is 58.0 Å². The lowest BCUT2D eigenvalue weighted by Crippen LogP contribution is -2.34. The average molecular weight is 358 g/mol. The lowest BCUT2D eigenvalue weighted by atomic mass is 10.1. The molecule has 0 saturated carbocycles. The second-order valence-electron chi connectivity index (χ2n) is 6.25. The summed E-state index contributed by atoms with van der Waals surface area (Å²) in [6.45, 7) is 5.11. The highest BCUT2D eigenvalue weighted by Gasteiger charge is 2.12. The number of benzene rings is 1. The van der Waals surface area contributed by atoms with Gasteiger partial charge in [-0.3, -0.25) is 9.59 Å². The number of nitrogens with zero attached hydrogens (tertiary/aromatic N) is 2. The maximum atomic E-state index is 12.3. The Balaban J connectivity index is 1.83. The molecule has 1 aromatic carbocycles. The van der Waals surface area contributed by atoms with Gasteiger partial charge in [0.1, 0.15) is 12.3 Å². The van der Waals surface area contributed by atoms with Gasteiger partial charge in [-0.25, -0.2) is 0 Å². The molecule has 6 heteroatoms. The van der Waals surface area contributed by atoms with Crippen LogP contribution in [0.25, 0.3) is 0 Å². The fraction of sp³-hybridized carbons (Fsp3) is 0.400. The first-order valence-electron chi connectivity index (χ1n) is 8.60. The third kappa shape index (κ3) is 4.88. The largest absolute Gasteiger partial charge is 0.493 e. The Labute approximate surface area is 154 Å². The number of rotatable bonds is 8. The highest BCUT2D eigenvalue weighted by Crippen LogP contribution is 2.22. The highest BCUT2D eigenvalue weighted by molar-refractivity contribution is 5.75. The lowest BCUT2D eigenvalue weighted by molar-refractivity contribution is -0.130. The van der Waals surface area contributed by atoms with Crippen LogP contribution in [0.5, 0.6) is 11.5 Å². The minimum absolute atomic E-state index is 0.00963. The molecule has 6 nitrogen and oxygen atoms in total. The molecule has 2 rings (SSSR count). The predicted molar refractivity (Wildman–Crippen MR) is 101 cm³/mol. The Morgan fingerprint density at radius 1 is 1.15 bits per heavy atom.